The van der Waals surface area contributed by atoms with Crippen molar-refractivity contribution in [2.24, 2.45) is 0 Å². The van der Waals surface area contributed by atoms with Crippen molar-refractivity contribution in [3.8, 4) is 0 Å². The number of aryl methyl sites for hydroxylation is 1. The van der Waals surface area contributed by atoms with Gasteiger partial charge in [0.05, 0.1) is 11.6 Å². The molecule has 4 nitrogen and oxygen atoms in total. The first-order valence-corrected chi connectivity index (χ1v) is 5.78. The Hall–Kier alpha value is -0.940. The van der Waals surface area contributed by atoms with E-state index in [1.807, 2.05) is 6.92 Å². The molecule has 82 valence electrons. The van der Waals surface area contributed by atoms with Crippen LogP contribution >= 0.6 is 11.3 Å². The van der Waals surface area contributed by atoms with Gasteiger partial charge in [-0.3, -0.25) is 0 Å². The summed E-state index contributed by atoms with van der Waals surface area (Å²) in [5.41, 5.74) is 0.216. The third-order valence-corrected chi connectivity index (χ3v) is 3.63. The number of hydrogen-bond acceptors (Lipinski definition) is 4. The van der Waals surface area contributed by atoms with Crippen LogP contribution in [-0.2, 0) is 4.74 Å². The fourth-order valence-corrected chi connectivity index (χ4v) is 2.86. The van der Waals surface area contributed by atoms with Crippen molar-refractivity contribution < 1.29 is 14.6 Å². The summed E-state index contributed by atoms with van der Waals surface area (Å²) in [5.74, 6) is -0.712. The summed E-state index contributed by atoms with van der Waals surface area (Å²) in [7, 11) is 0. The average Bonchev–Trinajstić information content (AvgIpc) is 2.62. The summed E-state index contributed by atoms with van der Waals surface area (Å²) < 4.78 is 5.37. The van der Waals surface area contributed by atoms with Crippen molar-refractivity contribution in [1.82, 2.24) is 4.98 Å². The molecule has 0 bridgehead atoms. The molecule has 0 radical (unpaired) electrons. The van der Waals surface area contributed by atoms with Crippen LogP contribution in [0.2, 0.25) is 0 Å². The van der Waals surface area contributed by atoms with E-state index in [4.69, 9.17) is 9.84 Å². The molecule has 1 unspecified atom stereocenters. The van der Waals surface area contributed by atoms with Crippen LogP contribution in [-0.4, -0.2) is 29.3 Å². The third kappa shape index (κ3) is 2.18. The number of rotatable bonds is 2. The molecule has 1 atom stereocenters. The van der Waals surface area contributed by atoms with Gasteiger partial charge in [-0.1, -0.05) is 0 Å². The predicted molar refractivity (Wildman–Crippen MR) is 56.6 cm³/mol. The van der Waals surface area contributed by atoms with Crippen LogP contribution in [0.25, 0.3) is 0 Å². The summed E-state index contributed by atoms with van der Waals surface area (Å²) in [4.78, 5) is 15.9. The molecule has 1 aromatic rings. The second kappa shape index (κ2) is 4.28. The van der Waals surface area contributed by atoms with Crippen molar-refractivity contribution in [3.63, 3.8) is 0 Å². The van der Waals surface area contributed by atoms with Crippen LogP contribution in [0.15, 0.2) is 0 Å². The Morgan fingerprint density at radius 2 is 2.47 bits per heavy atom. The van der Waals surface area contributed by atoms with Gasteiger partial charge in [0.15, 0.2) is 5.69 Å². The molecule has 1 aromatic heterocycles. The average molecular weight is 227 g/mol. The lowest BCUT2D eigenvalue weighted by atomic mass is 9.99. The Kier molecular flexibility index (Phi) is 3.02. The Bertz CT molecular complexity index is 369. The summed E-state index contributed by atoms with van der Waals surface area (Å²) in [6.45, 7) is 3.25. The standard InChI is InChI=1S/C10H13NO3S/c1-6-11-8(10(12)13)9(15-6)7-3-2-4-14-5-7/h7H,2-5H2,1H3,(H,12,13). The normalized spacial score (nSPS) is 21.5. The molecule has 1 aliphatic rings. The van der Waals surface area contributed by atoms with Gasteiger partial charge in [-0.05, 0) is 19.8 Å². The Balaban J connectivity index is 2.28. The fourth-order valence-electron chi connectivity index (χ4n) is 1.82. The number of ether oxygens (including phenoxy) is 1. The van der Waals surface area contributed by atoms with Crippen molar-refractivity contribution in [3.05, 3.63) is 15.6 Å². The summed E-state index contributed by atoms with van der Waals surface area (Å²) in [6.07, 6.45) is 2.00. The molecule has 0 aliphatic carbocycles. The Morgan fingerprint density at radius 1 is 1.67 bits per heavy atom. The van der Waals surface area contributed by atoms with E-state index in [-0.39, 0.29) is 11.6 Å². The first-order chi connectivity index (χ1) is 7.18. The van der Waals surface area contributed by atoms with E-state index in [2.05, 4.69) is 4.98 Å². The van der Waals surface area contributed by atoms with Gasteiger partial charge in [-0.25, -0.2) is 9.78 Å². The lowest BCUT2D eigenvalue weighted by Gasteiger charge is -2.20. The van der Waals surface area contributed by atoms with Crippen LogP contribution < -0.4 is 0 Å². The number of hydrogen-bond donors (Lipinski definition) is 1. The molecular weight excluding hydrogens is 214 g/mol. The van der Waals surface area contributed by atoms with Crippen LogP contribution in [0.1, 0.15) is 39.1 Å². The van der Waals surface area contributed by atoms with E-state index in [1.165, 1.54) is 11.3 Å². The highest BCUT2D eigenvalue weighted by atomic mass is 32.1. The monoisotopic (exact) mass is 227 g/mol. The molecule has 1 aliphatic heterocycles. The van der Waals surface area contributed by atoms with Gasteiger partial charge in [-0.2, -0.15) is 0 Å². The summed E-state index contributed by atoms with van der Waals surface area (Å²) >= 11 is 1.48. The molecule has 2 heterocycles. The molecule has 1 fully saturated rings. The van der Waals surface area contributed by atoms with Gasteiger partial charge in [0.2, 0.25) is 0 Å². The molecule has 5 heteroatoms. The minimum Gasteiger partial charge on any atom is -0.476 e. The van der Waals surface area contributed by atoms with Crippen molar-refractivity contribution >= 4 is 17.3 Å². The summed E-state index contributed by atoms with van der Waals surface area (Å²) in [6, 6.07) is 0. The van der Waals surface area contributed by atoms with E-state index in [1.54, 1.807) is 0 Å². The summed E-state index contributed by atoms with van der Waals surface area (Å²) in [5, 5.41) is 9.83. The van der Waals surface area contributed by atoms with Gasteiger partial charge in [0.1, 0.15) is 0 Å². The minimum absolute atomic E-state index is 0.216. The van der Waals surface area contributed by atoms with E-state index in [0.717, 1.165) is 29.3 Å². The molecule has 0 saturated carbocycles. The Morgan fingerprint density at radius 3 is 3.07 bits per heavy atom. The predicted octanol–water partition coefficient (Wildman–Crippen LogP) is 2.04. The maximum Gasteiger partial charge on any atom is 0.355 e. The molecule has 1 saturated heterocycles. The largest absolute Gasteiger partial charge is 0.476 e. The number of nitrogens with zero attached hydrogens (tertiary/aromatic N) is 1. The lowest BCUT2D eigenvalue weighted by Crippen LogP contribution is -2.16. The highest BCUT2D eigenvalue weighted by molar-refractivity contribution is 7.12. The smallest absolute Gasteiger partial charge is 0.355 e. The zero-order chi connectivity index (χ0) is 10.8. The highest BCUT2D eigenvalue weighted by Gasteiger charge is 2.25. The van der Waals surface area contributed by atoms with Gasteiger partial charge in [0.25, 0.3) is 0 Å². The lowest BCUT2D eigenvalue weighted by molar-refractivity contribution is 0.0676. The van der Waals surface area contributed by atoms with Gasteiger partial charge in [0, 0.05) is 17.4 Å². The maximum atomic E-state index is 11.0. The first kappa shape index (κ1) is 10.6. The van der Waals surface area contributed by atoms with Crippen LogP contribution in [0.5, 0.6) is 0 Å². The molecule has 15 heavy (non-hydrogen) atoms. The van der Waals surface area contributed by atoms with Crippen LogP contribution in [0.3, 0.4) is 0 Å². The van der Waals surface area contributed by atoms with Gasteiger partial charge in [-0.15, -0.1) is 11.3 Å². The number of carbonyl (C=O) groups is 1. The zero-order valence-electron chi connectivity index (χ0n) is 8.52. The molecule has 1 N–H and O–H groups in total. The van der Waals surface area contributed by atoms with Crippen molar-refractivity contribution in [1.29, 1.82) is 0 Å². The van der Waals surface area contributed by atoms with E-state index in [0.29, 0.717) is 6.61 Å². The van der Waals surface area contributed by atoms with Gasteiger partial charge < -0.3 is 9.84 Å². The first-order valence-electron chi connectivity index (χ1n) is 4.97. The fraction of sp³-hybridized carbons (Fsp3) is 0.600. The molecule has 0 aromatic carbocycles. The highest BCUT2D eigenvalue weighted by Crippen LogP contribution is 2.32. The van der Waals surface area contributed by atoms with Gasteiger partial charge >= 0.3 is 5.97 Å². The molecule has 2 rings (SSSR count). The number of aromatic nitrogens is 1. The van der Waals surface area contributed by atoms with Crippen LogP contribution in [0.4, 0.5) is 0 Å². The number of aromatic carboxylic acids is 1. The van der Waals surface area contributed by atoms with Crippen molar-refractivity contribution in [2.75, 3.05) is 13.2 Å². The van der Waals surface area contributed by atoms with E-state index < -0.39 is 5.97 Å². The number of carboxylic acid groups (broad SMARTS) is 1. The third-order valence-electron chi connectivity index (χ3n) is 2.49. The molecular formula is C10H13NO3S. The van der Waals surface area contributed by atoms with Crippen molar-refractivity contribution in [2.45, 2.75) is 25.7 Å². The SMILES string of the molecule is Cc1nc(C(=O)O)c(C2CCCOC2)s1. The Labute approximate surface area is 91.9 Å². The topological polar surface area (TPSA) is 59.4 Å². The molecule has 0 amide bonds. The molecule has 0 spiro atoms. The maximum absolute atomic E-state index is 11.0. The zero-order valence-corrected chi connectivity index (χ0v) is 9.34. The van der Waals surface area contributed by atoms with E-state index in [9.17, 15) is 4.79 Å². The minimum atomic E-state index is -0.931. The second-order valence-corrected chi connectivity index (χ2v) is 4.90. The van der Waals surface area contributed by atoms with E-state index >= 15 is 0 Å². The number of carboxylic acids is 1. The van der Waals surface area contributed by atoms with Crippen LogP contribution in [0, 0.1) is 6.92 Å². The number of thiazole rings is 1. The second-order valence-electron chi connectivity index (χ2n) is 3.66. The quantitative estimate of drug-likeness (QED) is 0.840.